The first kappa shape index (κ1) is 14.3. The number of aromatic amines is 1. The molecule has 0 aliphatic heterocycles. The topological polar surface area (TPSA) is 37.9 Å². The number of H-pyrrole nitrogens is 1. The van der Waals surface area contributed by atoms with Crippen molar-refractivity contribution in [3.8, 4) is 5.75 Å². The van der Waals surface area contributed by atoms with Gasteiger partial charge in [-0.2, -0.15) is 0 Å². The highest BCUT2D eigenvalue weighted by Crippen LogP contribution is 2.28. The summed E-state index contributed by atoms with van der Waals surface area (Å²) in [5.41, 5.74) is 0.544. The fourth-order valence-electron chi connectivity index (χ4n) is 1.34. The lowest BCUT2D eigenvalue weighted by atomic mass is 10.3. The molecule has 2 aromatic rings. The van der Waals surface area contributed by atoms with Crippen LogP contribution in [0.4, 0.5) is 17.6 Å². The van der Waals surface area contributed by atoms with Crippen LogP contribution in [0.3, 0.4) is 0 Å². The van der Waals surface area contributed by atoms with Crippen LogP contribution < -0.4 is 4.74 Å². The van der Waals surface area contributed by atoms with Gasteiger partial charge in [0.15, 0.2) is 11.6 Å². The van der Waals surface area contributed by atoms with Crippen molar-refractivity contribution in [1.82, 2.24) is 9.97 Å². The molecule has 0 fully saturated rings. The Labute approximate surface area is 101 Å². The van der Waals surface area contributed by atoms with E-state index in [9.17, 15) is 17.6 Å². The van der Waals surface area contributed by atoms with E-state index in [4.69, 9.17) is 0 Å². The second-order valence-electron chi connectivity index (χ2n) is 3.17. The molecule has 2 rings (SSSR count). The number of nitrogens with one attached hydrogen (secondary N) is 1. The van der Waals surface area contributed by atoms with E-state index in [2.05, 4.69) is 14.7 Å². The van der Waals surface area contributed by atoms with Crippen molar-refractivity contribution in [1.29, 1.82) is 0 Å². The number of imidazole rings is 1. The average Bonchev–Trinajstić information content (AvgIpc) is 2.59. The molecule has 0 aliphatic rings. The van der Waals surface area contributed by atoms with E-state index in [0.717, 1.165) is 12.1 Å². The van der Waals surface area contributed by atoms with E-state index in [1.165, 1.54) is 0 Å². The van der Waals surface area contributed by atoms with Gasteiger partial charge in [0.2, 0.25) is 0 Å². The minimum atomic E-state index is -4.92. The number of ether oxygens (including phenoxy) is 1. The molecule has 0 saturated heterocycles. The first-order chi connectivity index (χ1) is 8.35. The predicted molar refractivity (Wildman–Crippen MR) is 58.8 cm³/mol. The molecule has 0 unspecified atom stereocenters. The van der Waals surface area contributed by atoms with Crippen LogP contribution in [-0.2, 0) is 0 Å². The number of fused-ring (bicyclic) bond motifs is 1. The third kappa shape index (κ3) is 3.35. The van der Waals surface area contributed by atoms with Crippen molar-refractivity contribution in [3.63, 3.8) is 0 Å². The SMILES string of the molecule is CC.Cc1nc2cc(OC(F)(F)F)c(F)cc2[nH]1. The van der Waals surface area contributed by atoms with E-state index in [-0.39, 0.29) is 5.52 Å². The van der Waals surface area contributed by atoms with E-state index < -0.39 is 17.9 Å². The van der Waals surface area contributed by atoms with Gasteiger partial charge < -0.3 is 9.72 Å². The van der Waals surface area contributed by atoms with Crippen LogP contribution in [0.15, 0.2) is 12.1 Å². The lowest BCUT2D eigenvalue weighted by Crippen LogP contribution is -2.17. The first-order valence-corrected chi connectivity index (χ1v) is 5.27. The summed E-state index contributed by atoms with van der Waals surface area (Å²) in [7, 11) is 0. The van der Waals surface area contributed by atoms with Gasteiger partial charge >= 0.3 is 6.36 Å². The van der Waals surface area contributed by atoms with Crippen molar-refractivity contribution >= 4 is 11.0 Å². The fraction of sp³-hybridized carbons (Fsp3) is 0.364. The van der Waals surface area contributed by atoms with Crippen molar-refractivity contribution < 1.29 is 22.3 Å². The molecule has 0 radical (unpaired) electrons. The van der Waals surface area contributed by atoms with Crippen molar-refractivity contribution in [3.05, 3.63) is 23.8 Å². The quantitative estimate of drug-likeness (QED) is 0.792. The molecule has 1 heterocycles. The average molecular weight is 264 g/mol. The van der Waals surface area contributed by atoms with Crippen LogP contribution in [0.25, 0.3) is 11.0 Å². The van der Waals surface area contributed by atoms with Gasteiger partial charge in [0, 0.05) is 12.1 Å². The van der Waals surface area contributed by atoms with Gasteiger partial charge in [0.1, 0.15) is 5.82 Å². The number of aromatic nitrogens is 2. The molecule has 0 saturated carbocycles. The monoisotopic (exact) mass is 264 g/mol. The molecule has 1 aromatic heterocycles. The Kier molecular flexibility index (Phi) is 4.15. The molecule has 1 aromatic carbocycles. The number of halogens is 4. The van der Waals surface area contributed by atoms with E-state index in [1.54, 1.807) is 6.92 Å². The Morgan fingerprint density at radius 3 is 2.39 bits per heavy atom. The maximum atomic E-state index is 13.2. The summed E-state index contributed by atoms with van der Waals surface area (Å²) in [5, 5.41) is 0. The molecular formula is C11H12F4N2O. The number of benzene rings is 1. The Morgan fingerprint density at radius 1 is 1.22 bits per heavy atom. The molecule has 3 nitrogen and oxygen atoms in total. The number of hydrogen-bond acceptors (Lipinski definition) is 2. The largest absolute Gasteiger partial charge is 0.573 e. The number of nitrogens with zero attached hydrogens (tertiary/aromatic N) is 1. The van der Waals surface area contributed by atoms with Crippen LogP contribution in [0.2, 0.25) is 0 Å². The van der Waals surface area contributed by atoms with Gasteiger partial charge in [-0.05, 0) is 6.92 Å². The highest BCUT2D eigenvalue weighted by Gasteiger charge is 2.32. The molecule has 18 heavy (non-hydrogen) atoms. The zero-order valence-corrected chi connectivity index (χ0v) is 10.0. The Hall–Kier alpha value is -1.79. The maximum Gasteiger partial charge on any atom is 0.573 e. The third-order valence-corrected chi connectivity index (χ3v) is 1.88. The summed E-state index contributed by atoms with van der Waals surface area (Å²) >= 11 is 0. The minimum Gasteiger partial charge on any atom is -0.403 e. The summed E-state index contributed by atoms with van der Waals surface area (Å²) < 4.78 is 52.4. The Morgan fingerprint density at radius 2 is 1.83 bits per heavy atom. The van der Waals surface area contributed by atoms with E-state index in [1.807, 2.05) is 13.8 Å². The van der Waals surface area contributed by atoms with Crippen LogP contribution in [0, 0.1) is 12.7 Å². The van der Waals surface area contributed by atoms with Crippen LogP contribution in [0.1, 0.15) is 19.7 Å². The molecule has 100 valence electrons. The third-order valence-electron chi connectivity index (χ3n) is 1.88. The predicted octanol–water partition coefficient (Wildman–Crippen LogP) is 3.94. The fourth-order valence-corrected chi connectivity index (χ4v) is 1.34. The first-order valence-electron chi connectivity index (χ1n) is 5.27. The molecule has 0 bridgehead atoms. The molecule has 0 aliphatic carbocycles. The molecule has 0 atom stereocenters. The zero-order valence-electron chi connectivity index (χ0n) is 10.0. The minimum absolute atomic E-state index is 0.221. The summed E-state index contributed by atoms with van der Waals surface area (Å²) in [6.07, 6.45) is -4.92. The van der Waals surface area contributed by atoms with Crippen molar-refractivity contribution in [2.45, 2.75) is 27.1 Å². The Bertz CT molecular complexity index is 534. The lowest BCUT2D eigenvalue weighted by molar-refractivity contribution is -0.275. The molecule has 0 amide bonds. The van der Waals surface area contributed by atoms with Crippen molar-refractivity contribution in [2.75, 3.05) is 0 Å². The zero-order chi connectivity index (χ0) is 13.9. The highest BCUT2D eigenvalue weighted by molar-refractivity contribution is 5.77. The van der Waals surface area contributed by atoms with E-state index in [0.29, 0.717) is 11.3 Å². The van der Waals surface area contributed by atoms with Gasteiger partial charge in [-0.1, -0.05) is 13.8 Å². The van der Waals surface area contributed by atoms with Gasteiger partial charge in [-0.25, -0.2) is 9.37 Å². The summed E-state index contributed by atoms with van der Waals surface area (Å²) in [6.45, 7) is 5.61. The standard InChI is InChI=1S/C9H6F4N2O.C2H6/c1-4-14-6-2-5(10)8(3-7(6)15-4)16-9(11,12)13;1-2/h2-3H,1H3,(H,14,15);1-2H3. The molecule has 7 heteroatoms. The highest BCUT2D eigenvalue weighted by atomic mass is 19.4. The van der Waals surface area contributed by atoms with Crippen LogP contribution in [-0.4, -0.2) is 16.3 Å². The summed E-state index contributed by atoms with van der Waals surface area (Å²) in [5.74, 6) is -1.49. The number of alkyl halides is 3. The number of rotatable bonds is 1. The van der Waals surface area contributed by atoms with Crippen molar-refractivity contribution in [2.24, 2.45) is 0 Å². The van der Waals surface area contributed by atoms with Gasteiger partial charge in [-0.15, -0.1) is 13.2 Å². The normalized spacial score (nSPS) is 11.1. The maximum absolute atomic E-state index is 13.2. The van der Waals surface area contributed by atoms with Gasteiger partial charge in [0.05, 0.1) is 11.0 Å². The smallest absolute Gasteiger partial charge is 0.403 e. The summed E-state index contributed by atoms with van der Waals surface area (Å²) in [4.78, 5) is 6.58. The number of aryl methyl sites for hydroxylation is 1. The van der Waals surface area contributed by atoms with E-state index >= 15 is 0 Å². The Balaban J connectivity index is 0.000000771. The van der Waals surface area contributed by atoms with Crippen LogP contribution in [0.5, 0.6) is 5.75 Å². The molecular weight excluding hydrogens is 252 g/mol. The second kappa shape index (κ2) is 5.24. The molecule has 1 N–H and O–H groups in total. The van der Waals surface area contributed by atoms with Gasteiger partial charge in [0.25, 0.3) is 0 Å². The van der Waals surface area contributed by atoms with Gasteiger partial charge in [-0.3, -0.25) is 0 Å². The second-order valence-corrected chi connectivity index (χ2v) is 3.17. The van der Waals surface area contributed by atoms with Crippen LogP contribution >= 0.6 is 0 Å². The number of hydrogen-bond donors (Lipinski definition) is 1. The molecule has 0 spiro atoms. The lowest BCUT2D eigenvalue weighted by Gasteiger charge is -2.09. The summed E-state index contributed by atoms with van der Waals surface area (Å²) in [6, 6.07) is 1.82.